The van der Waals surface area contributed by atoms with E-state index in [0.29, 0.717) is 5.69 Å². The third-order valence-electron chi connectivity index (χ3n) is 2.84. The highest BCUT2D eigenvalue weighted by molar-refractivity contribution is 5.92. The van der Waals surface area contributed by atoms with Crippen molar-refractivity contribution in [2.24, 2.45) is 0 Å². The molecule has 5 nitrogen and oxygen atoms in total. The highest BCUT2D eigenvalue weighted by Gasteiger charge is 2.31. The molecule has 1 N–H and O–H groups in total. The normalized spacial score (nSPS) is 14.8. The zero-order valence-electron chi connectivity index (χ0n) is 9.08. The van der Waals surface area contributed by atoms with E-state index in [-0.39, 0.29) is 11.7 Å². The molecule has 0 spiro atoms. The minimum Gasteiger partial charge on any atom is -0.476 e. The summed E-state index contributed by atoms with van der Waals surface area (Å²) in [7, 11) is 0. The van der Waals surface area contributed by atoms with E-state index in [9.17, 15) is 9.90 Å². The lowest BCUT2D eigenvalue weighted by molar-refractivity contribution is 0.0684. The standard InChI is InChI=1S/C12H11N3O2/c16-12(17)11-10(8-4-2-1-3-5-8)13-14-15(11)9-6-7-9/h1-5,9H,6-7H2,(H,16,17). The van der Waals surface area contributed by atoms with E-state index in [1.54, 1.807) is 0 Å². The van der Waals surface area contributed by atoms with E-state index in [1.165, 1.54) is 4.68 Å². The SMILES string of the molecule is O=C(O)c1c(-c2ccccc2)nnn1C1CC1. The summed E-state index contributed by atoms with van der Waals surface area (Å²) in [6.45, 7) is 0. The number of hydrogen-bond donors (Lipinski definition) is 1. The Balaban J connectivity index is 2.14. The Bertz CT molecular complexity index is 558. The number of benzene rings is 1. The van der Waals surface area contributed by atoms with Gasteiger partial charge < -0.3 is 5.11 Å². The van der Waals surface area contributed by atoms with Crippen LogP contribution in [0.15, 0.2) is 30.3 Å². The molecule has 1 heterocycles. The van der Waals surface area contributed by atoms with Crippen LogP contribution >= 0.6 is 0 Å². The first-order chi connectivity index (χ1) is 8.27. The van der Waals surface area contributed by atoms with Gasteiger partial charge in [0.05, 0.1) is 6.04 Å². The highest BCUT2D eigenvalue weighted by Crippen LogP contribution is 2.36. The summed E-state index contributed by atoms with van der Waals surface area (Å²) >= 11 is 0. The molecular formula is C12H11N3O2. The van der Waals surface area contributed by atoms with Gasteiger partial charge in [0, 0.05) is 5.56 Å². The van der Waals surface area contributed by atoms with E-state index in [0.717, 1.165) is 18.4 Å². The van der Waals surface area contributed by atoms with Crippen molar-refractivity contribution >= 4 is 5.97 Å². The van der Waals surface area contributed by atoms with Crippen LogP contribution < -0.4 is 0 Å². The topological polar surface area (TPSA) is 68.0 Å². The van der Waals surface area contributed by atoms with Gasteiger partial charge in [-0.05, 0) is 12.8 Å². The number of aromatic nitrogens is 3. The molecule has 1 aliphatic carbocycles. The lowest BCUT2D eigenvalue weighted by Gasteiger charge is -2.01. The first kappa shape index (κ1) is 10.0. The molecule has 0 unspecified atom stereocenters. The Morgan fingerprint density at radius 3 is 2.59 bits per heavy atom. The molecule has 86 valence electrons. The number of hydrogen-bond acceptors (Lipinski definition) is 3. The third kappa shape index (κ3) is 1.69. The summed E-state index contributed by atoms with van der Waals surface area (Å²) in [6, 6.07) is 9.50. The Morgan fingerprint density at radius 1 is 1.29 bits per heavy atom. The Kier molecular flexibility index (Phi) is 2.18. The number of carboxylic acid groups (broad SMARTS) is 1. The van der Waals surface area contributed by atoms with Crippen LogP contribution in [0.2, 0.25) is 0 Å². The molecule has 17 heavy (non-hydrogen) atoms. The van der Waals surface area contributed by atoms with E-state index >= 15 is 0 Å². The van der Waals surface area contributed by atoms with Crippen LogP contribution in [0.4, 0.5) is 0 Å². The van der Waals surface area contributed by atoms with Gasteiger partial charge in [0.2, 0.25) is 0 Å². The summed E-state index contributed by atoms with van der Waals surface area (Å²) in [5.74, 6) is -0.972. The maximum atomic E-state index is 11.3. The minimum absolute atomic E-state index is 0.193. The summed E-state index contributed by atoms with van der Waals surface area (Å²) < 4.78 is 1.53. The molecular weight excluding hydrogens is 218 g/mol. The van der Waals surface area contributed by atoms with Gasteiger partial charge in [0.1, 0.15) is 5.69 Å². The molecule has 1 saturated carbocycles. The summed E-state index contributed by atoms with van der Waals surface area (Å²) in [5, 5.41) is 17.2. The molecule has 0 bridgehead atoms. The lowest BCUT2D eigenvalue weighted by atomic mass is 10.1. The van der Waals surface area contributed by atoms with Crippen LogP contribution in [0.25, 0.3) is 11.3 Å². The first-order valence-corrected chi connectivity index (χ1v) is 5.51. The van der Waals surface area contributed by atoms with Gasteiger partial charge in [-0.3, -0.25) is 0 Å². The molecule has 3 rings (SSSR count). The van der Waals surface area contributed by atoms with E-state index in [1.807, 2.05) is 30.3 Å². The maximum Gasteiger partial charge on any atom is 0.356 e. The predicted octanol–water partition coefficient (Wildman–Crippen LogP) is 1.98. The van der Waals surface area contributed by atoms with Gasteiger partial charge in [-0.15, -0.1) is 5.10 Å². The van der Waals surface area contributed by atoms with Gasteiger partial charge in [0.15, 0.2) is 5.69 Å². The van der Waals surface area contributed by atoms with Gasteiger partial charge in [-0.1, -0.05) is 35.5 Å². The van der Waals surface area contributed by atoms with Crippen molar-refractivity contribution in [1.82, 2.24) is 15.0 Å². The number of aromatic carboxylic acids is 1. The van der Waals surface area contributed by atoms with E-state index < -0.39 is 5.97 Å². The summed E-state index contributed by atoms with van der Waals surface area (Å²) in [4.78, 5) is 11.3. The number of nitrogens with zero attached hydrogens (tertiary/aromatic N) is 3. The van der Waals surface area contributed by atoms with Gasteiger partial charge >= 0.3 is 5.97 Å². The second kappa shape index (κ2) is 3.69. The quantitative estimate of drug-likeness (QED) is 0.873. The minimum atomic E-state index is -0.972. The van der Waals surface area contributed by atoms with Crippen LogP contribution in [0, 0.1) is 0 Å². The second-order valence-corrected chi connectivity index (χ2v) is 4.13. The van der Waals surface area contributed by atoms with Gasteiger partial charge in [-0.2, -0.15) is 0 Å². The molecule has 0 amide bonds. The first-order valence-electron chi connectivity index (χ1n) is 5.51. The monoisotopic (exact) mass is 229 g/mol. The van der Waals surface area contributed by atoms with E-state index in [2.05, 4.69) is 10.3 Å². The lowest BCUT2D eigenvalue weighted by Crippen LogP contribution is -2.09. The van der Waals surface area contributed by atoms with Crippen LogP contribution in [0.1, 0.15) is 29.4 Å². The second-order valence-electron chi connectivity index (χ2n) is 4.13. The van der Waals surface area contributed by atoms with Gasteiger partial charge in [0.25, 0.3) is 0 Å². The molecule has 1 fully saturated rings. The van der Waals surface area contributed by atoms with E-state index in [4.69, 9.17) is 0 Å². The zero-order chi connectivity index (χ0) is 11.8. The largest absolute Gasteiger partial charge is 0.476 e. The van der Waals surface area contributed by atoms with Crippen LogP contribution in [-0.2, 0) is 0 Å². The van der Waals surface area contributed by atoms with Crippen molar-refractivity contribution in [3.8, 4) is 11.3 Å². The highest BCUT2D eigenvalue weighted by atomic mass is 16.4. The van der Waals surface area contributed by atoms with Crippen molar-refractivity contribution in [3.63, 3.8) is 0 Å². The number of carboxylic acids is 1. The fourth-order valence-electron chi connectivity index (χ4n) is 1.86. The van der Waals surface area contributed by atoms with Crippen molar-refractivity contribution in [2.45, 2.75) is 18.9 Å². The van der Waals surface area contributed by atoms with Gasteiger partial charge in [-0.25, -0.2) is 9.48 Å². The molecule has 1 aliphatic rings. The summed E-state index contributed by atoms with van der Waals surface area (Å²) in [6.07, 6.45) is 1.97. The van der Waals surface area contributed by atoms with Crippen molar-refractivity contribution in [3.05, 3.63) is 36.0 Å². The predicted molar refractivity (Wildman–Crippen MR) is 60.7 cm³/mol. The average molecular weight is 229 g/mol. The van der Waals surface area contributed by atoms with Crippen molar-refractivity contribution in [1.29, 1.82) is 0 Å². The average Bonchev–Trinajstić information content (AvgIpc) is 3.08. The molecule has 1 aromatic heterocycles. The Labute approximate surface area is 97.7 Å². The fraction of sp³-hybridized carbons (Fsp3) is 0.250. The zero-order valence-corrected chi connectivity index (χ0v) is 9.08. The fourth-order valence-corrected chi connectivity index (χ4v) is 1.86. The van der Waals surface area contributed by atoms with Crippen LogP contribution in [0.5, 0.6) is 0 Å². The Morgan fingerprint density at radius 2 is 2.00 bits per heavy atom. The van der Waals surface area contributed by atoms with Crippen LogP contribution in [0.3, 0.4) is 0 Å². The van der Waals surface area contributed by atoms with Crippen molar-refractivity contribution < 1.29 is 9.90 Å². The third-order valence-corrected chi connectivity index (χ3v) is 2.84. The molecule has 5 heteroatoms. The smallest absolute Gasteiger partial charge is 0.356 e. The number of carbonyl (C=O) groups is 1. The maximum absolute atomic E-state index is 11.3. The molecule has 1 aromatic carbocycles. The molecule has 0 aliphatic heterocycles. The summed E-state index contributed by atoms with van der Waals surface area (Å²) in [5.41, 5.74) is 1.43. The molecule has 0 saturated heterocycles. The Hall–Kier alpha value is -2.17. The number of rotatable bonds is 3. The molecule has 2 aromatic rings. The molecule has 0 atom stereocenters. The molecule has 0 radical (unpaired) electrons. The van der Waals surface area contributed by atoms with Crippen LogP contribution in [-0.4, -0.2) is 26.1 Å². The van der Waals surface area contributed by atoms with Crippen molar-refractivity contribution in [2.75, 3.05) is 0 Å².